The first-order valence-corrected chi connectivity index (χ1v) is 6.79. The fourth-order valence-electron chi connectivity index (χ4n) is 2.42. The summed E-state index contributed by atoms with van der Waals surface area (Å²) < 4.78 is 13.4. The third-order valence-corrected chi connectivity index (χ3v) is 3.48. The lowest BCUT2D eigenvalue weighted by Gasteiger charge is -2.27. The molecule has 0 aromatic heterocycles. The molecule has 1 unspecified atom stereocenters. The van der Waals surface area contributed by atoms with Crippen LogP contribution in [-0.2, 0) is 6.54 Å². The molecule has 3 nitrogen and oxygen atoms in total. The Balaban J connectivity index is 2.17. The summed E-state index contributed by atoms with van der Waals surface area (Å²) in [5.74, 6) is -0.258. The predicted octanol–water partition coefficient (Wildman–Crippen LogP) is 2.83. The Morgan fingerprint density at radius 2 is 2.00 bits per heavy atom. The normalized spacial score (nSPS) is 12.1. The minimum Gasteiger partial charge on any atom is -0.329 e. The summed E-state index contributed by atoms with van der Waals surface area (Å²) in [5.41, 5.74) is 8.38. The van der Waals surface area contributed by atoms with Crippen LogP contribution in [0, 0.1) is 17.1 Å². The molecule has 0 saturated heterocycles. The number of rotatable bonds is 5. The Labute approximate surface area is 124 Å². The Bertz CT molecular complexity index is 648. The van der Waals surface area contributed by atoms with E-state index >= 15 is 0 Å². The van der Waals surface area contributed by atoms with Gasteiger partial charge in [0.05, 0.1) is 11.6 Å². The Morgan fingerprint density at radius 1 is 1.24 bits per heavy atom. The van der Waals surface area contributed by atoms with Gasteiger partial charge in [0, 0.05) is 19.1 Å². The van der Waals surface area contributed by atoms with E-state index in [1.165, 1.54) is 12.1 Å². The maximum absolute atomic E-state index is 13.4. The quantitative estimate of drug-likeness (QED) is 0.918. The first-order valence-electron chi connectivity index (χ1n) is 6.79. The smallest absolute Gasteiger partial charge is 0.123 e. The van der Waals surface area contributed by atoms with Crippen molar-refractivity contribution in [3.63, 3.8) is 0 Å². The fourth-order valence-corrected chi connectivity index (χ4v) is 2.42. The molecular weight excluding hydrogens is 265 g/mol. The molecule has 0 amide bonds. The van der Waals surface area contributed by atoms with Crippen molar-refractivity contribution in [2.24, 2.45) is 5.73 Å². The highest BCUT2D eigenvalue weighted by molar-refractivity contribution is 5.33. The topological polar surface area (TPSA) is 53.0 Å². The van der Waals surface area contributed by atoms with Gasteiger partial charge in [-0.2, -0.15) is 5.26 Å². The summed E-state index contributed by atoms with van der Waals surface area (Å²) >= 11 is 0. The van der Waals surface area contributed by atoms with Gasteiger partial charge >= 0.3 is 0 Å². The molecule has 0 fully saturated rings. The number of nitrogens with two attached hydrogens (primary N) is 1. The molecular formula is C17H18FN3. The summed E-state index contributed by atoms with van der Waals surface area (Å²) in [6.45, 7) is 1.05. The van der Waals surface area contributed by atoms with Crippen molar-refractivity contribution in [2.75, 3.05) is 13.6 Å². The summed E-state index contributed by atoms with van der Waals surface area (Å²) in [7, 11) is 1.95. The highest BCUT2D eigenvalue weighted by Crippen LogP contribution is 2.21. The molecule has 2 aromatic carbocycles. The average molecular weight is 283 g/mol. The second-order valence-corrected chi connectivity index (χ2v) is 5.03. The molecule has 2 rings (SSSR count). The van der Waals surface area contributed by atoms with E-state index in [9.17, 15) is 4.39 Å². The largest absolute Gasteiger partial charge is 0.329 e. The van der Waals surface area contributed by atoms with Gasteiger partial charge < -0.3 is 5.73 Å². The molecule has 21 heavy (non-hydrogen) atoms. The molecule has 0 bridgehead atoms. The fraction of sp³-hybridized carbons (Fsp3) is 0.235. The minimum atomic E-state index is -0.258. The van der Waals surface area contributed by atoms with Gasteiger partial charge in [-0.15, -0.1) is 0 Å². The molecule has 4 heteroatoms. The number of hydrogen-bond acceptors (Lipinski definition) is 3. The SMILES string of the molecule is CN(Cc1cccc(C#N)c1)C(CN)c1cccc(F)c1. The molecule has 0 aliphatic carbocycles. The third-order valence-electron chi connectivity index (χ3n) is 3.48. The molecule has 0 saturated carbocycles. The van der Waals surface area contributed by atoms with Crippen molar-refractivity contribution in [3.8, 4) is 6.07 Å². The van der Waals surface area contributed by atoms with Crippen LogP contribution >= 0.6 is 0 Å². The number of halogens is 1. The van der Waals surface area contributed by atoms with Crippen molar-refractivity contribution in [3.05, 3.63) is 71.0 Å². The number of benzene rings is 2. The van der Waals surface area contributed by atoms with Gasteiger partial charge in [0.1, 0.15) is 5.82 Å². The van der Waals surface area contributed by atoms with Crippen LogP contribution in [0.25, 0.3) is 0 Å². The van der Waals surface area contributed by atoms with Gasteiger partial charge in [-0.1, -0.05) is 24.3 Å². The molecule has 0 heterocycles. The Morgan fingerprint density at radius 3 is 2.67 bits per heavy atom. The van der Waals surface area contributed by atoms with Crippen LogP contribution in [0.4, 0.5) is 4.39 Å². The van der Waals surface area contributed by atoms with Crippen molar-refractivity contribution >= 4 is 0 Å². The number of nitriles is 1. The summed E-state index contributed by atoms with van der Waals surface area (Å²) in [6, 6.07) is 16.0. The van der Waals surface area contributed by atoms with E-state index in [0.717, 1.165) is 11.1 Å². The van der Waals surface area contributed by atoms with Crippen LogP contribution in [-0.4, -0.2) is 18.5 Å². The van der Waals surface area contributed by atoms with Gasteiger partial charge in [-0.05, 0) is 42.4 Å². The zero-order chi connectivity index (χ0) is 15.2. The zero-order valence-electron chi connectivity index (χ0n) is 12.0. The molecule has 1 atom stereocenters. The van der Waals surface area contributed by atoms with Crippen LogP contribution in [0.2, 0.25) is 0 Å². The van der Waals surface area contributed by atoms with Crippen LogP contribution in [0.3, 0.4) is 0 Å². The summed E-state index contributed by atoms with van der Waals surface area (Å²) in [5, 5.41) is 8.93. The van der Waals surface area contributed by atoms with Gasteiger partial charge in [-0.25, -0.2) is 4.39 Å². The molecule has 0 spiro atoms. The highest BCUT2D eigenvalue weighted by Gasteiger charge is 2.16. The van der Waals surface area contributed by atoms with Crippen molar-refractivity contribution in [2.45, 2.75) is 12.6 Å². The summed E-state index contributed by atoms with van der Waals surface area (Å²) in [6.07, 6.45) is 0. The van der Waals surface area contributed by atoms with Gasteiger partial charge in [0.2, 0.25) is 0 Å². The van der Waals surface area contributed by atoms with E-state index in [1.807, 2.05) is 31.3 Å². The predicted molar refractivity (Wildman–Crippen MR) is 80.8 cm³/mol. The number of hydrogen-bond donors (Lipinski definition) is 1. The molecule has 2 aromatic rings. The van der Waals surface area contributed by atoms with Crippen LogP contribution in [0.5, 0.6) is 0 Å². The number of nitrogens with zero attached hydrogens (tertiary/aromatic N) is 2. The van der Waals surface area contributed by atoms with Crippen molar-refractivity contribution < 1.29 is 4.39 Å². The number of likely N-dealkylation sites (N-methyl/N-ethyl adjacent to an activating group) is 1. The maximum atomic E-state index is 13.4. The second-order valence-electron chi connectivity index (χ2n) is 5.03. The lowest BCUT2D eigenvalue weighted by molar-refractivity contribution is 0.241. The van der Waals surface area contributed by atoms with E-state index in [4.69, 9.17) is 11.0 Å². The Kier molecular flexibility index (Phi) is 5.04. The monoisotopic (exact) mass is 283 g/mol. The van der Waals surface area contributed by atoms with E-state index in [-0.39, 0.29) is 11.9 Å². The molecule has 2 N–H and O–H groups in total. The zero-order valence-corrected chi connectivity index (χ0v) is 12.0. The maximum Gasteiger partial charge on any atom is 0.123 e. The lowest BCUT2D eigenvalue weighted by atomic mass is 10.0. The second kappa shape index (κ2) is 6.98. The van der Waals surface area contributed by atoms with Crippen molar-refractivity contribution in [1.29, 1.82) is 5.26 Å². The van der Waals surface area contributed by atoms with E-state index in [1.54, 1.807) is 12.1 Å². The first kappa shape index (κ1) is 15.2. The Hall–Kier alpha value is -2.22. The molecule has 0 aliphatic heterocycles. The van der Waals surface area contributed by atoms with E-state index < -0.39 is 0 Å². The van der Waals surface area contributed by atoms with Crippen LogP contribution in [0.15, 0.2) is 48.5 Å². The first-order chi connectivity index (χ1) is 10.1. The lowest BCUT2D eigenvalue weighted by Crippen LogP contribution is -2.30. The third kappa shape index (κ3) is 3.88. The summed E-state index contributed by atoms with van der Waals surface area (Å²) in [4.78, 5) is 2.06. The van der Waals surface area contributed by atoms with Crippen LogP contribution in [0.1, 0.15) is 22.7 Å². The molecule has 0 radical (unpaired) electrons. The minimum absolute atomic E-state index is 0.0635. The van der Waals surface area contributed by atoms with Crippen LogP contribution < -0.4 is 5.73 Å². The highest BCUT2D eigenvalue weighted by atomic mass is 19.1. The van der Waals surface area contributed by atoms with E-state index in [0.29, 0.717) is 18.7 Å². The van der Waals surface area contributed by atoms with Crippen molar-refractivity contribution in [1.82, 2.24) is 4.90 Å². The molecule has 0 aliphatic rings. The van der Waals surface area contributed by atoms with Gasteiger partial charge in [0.25, 0.3) is 0 Å². The standard InChI is InChI=1S/C17H18FN3/c1-21(12-14-5-2-4-13(8-14)10-19)17(11-20)15-6-3-7-16(18)9-15/h2-9,17H,11-12,20H2,1H3. The van der Waals surface area contributed by atoms with E-state index in [2.05, 4.69) is 11.0 Å². The average Bonchev–Trinajstić information content (AvgIpc) is 2.48. The van der Waals surface area contributed by atoms with Gasteiger partial charge in [0.15, 0.2) is 0 Å². The van der Waals surface area contributed by atoms with Gasteiger partial charge in [-0.3, -0.25) is 4.90 Å². The molecule has 108 valence electrons.